The first-order valence-electron chi connectivity index (χ1n) is 12.9. The van der Waals surface area contributed by atoms with Crippen molar-refractivity contribution in [3.05, 3.63) is 41.3 Å². The van der Waals surface area contributed by atoms with Crippen LogP contribution in [-0.4, -0.2) is 68.1 Å². The molecule has 6 heterocycles. The molecule has 188 valence electrons. The number of aromatic nitrogens is 4. The zero-order chi connectivity index (χ0) is 24.6. The highest BCUT2D eigenvalue weighted by atomic mass is 16.3. The van der Waals surface area contributed by atoms with Crippen molar-refractivity contribution in [2.24, 2.45) is 0 Å². The van der Waals surface area contributed by atoms with E-state index < -0.39 is 6.10 Å². The van der Waals surface area contributed by atoms with E-state index in [9.17, 15) is 9.90 Å². The van der Waals surface area contributed by atoms with E-state index in [1.165, 1.54) is 6.42 Å². The molecular weight excluding hydrogens is 456 g/mol. The van der Waals surface area contributed by atoms with Crippen LogP contribution in [0.1, 0.15) is 55.7 Å². The van der Waals surface area contributed by atoms with Crippen LogP contribution in [0.2, 0.25) is 0 Å². The lowest BCUT2D eigenvalue weighted by molar-refractivity contribution is -0.136. The number of pyridine rings is 2. The van der Waals surface area contributed by atoms with Gasteiger partial charge in [0, 0.05) is 49.9 Å². The lowest BCUT2D eigenvalue weighted by Gasteiger charge is -2.35. The number of piperidine rings is 1. The molecule has 6 rings (SSSR count). The molecular formula is C26H32N8O2. The van der Waals surface area contributed by atoms with Gasteiger partial charge in [0.15, 0.2) is 5.82 Å². The number of nitrogens with one attached hydrogen (secondary N) is 2. The maximum Gasteiger partial charge on any atom is 0.240 e. The summed E-state index contributed by atoms with van der Waals surface area (Å²) in [5.74, 6) is 2.14. The molecule has 0 radical (unpaired) electrons. The third kappa shape index (κ3) is 4.46. The van der Waals surface area contributed by atoms with Gasteiger partial charge in [-0.3, -0.25) is 4.79 Å². The van der Waals surface area contributed by atoms with E-state index in [2.05, 4.69) is 20.5 Å². The fourth-order valence-electron chi connectivity index (χ4n) is 5.15. The first-order valence-corrected chi connectivity index (χ1v) is 12.9. The van der Waals surface area contributed by atoms with Gasteiger partial charge in [-0.25, -0.2) is 19.9 Å². The van der Waals surface area contributed by atoms with Crippen molar-refractivity contribution in [1.82, 2.24) is 30.2 Å². The van der Waals surface area contributed by atoms with Crippen molar-refractivity contribution in [3.63, 3.8) is 0 Å². The van der Waals surface area contributed by atoms with Crippen molar-refractivity contribution in [2.75, 3.05) is 36.4 Å². The average molecular weight is 489 g/mol. The van der Waals surface area contributed by atoms with Crippen molar-refractivity contribution >= 4 is 34.4 Å². The van der Waals surface area contributed by atoms with Crippen molar-refractivity contribution in [3.8, 4) is 0 Å². The number of hydrogen-bond donors (Lipinski definition) is 3. The lowest BCUT2D eigenvalue weighted by atomic mass is 10.0. The van der Waals surface area contributed by atoms with Crippen LogP contribution in [0, 0.1) is 0 Å². The van der Waals surface area contributed by atoms with E-state index in [1.807, 2.05) is 23.1 Å². The summed E-state index contributed by atoms with van der Waals surface area (Å²) in [5, 5.41) is 17.5. The Hall–Kier alpha value is -3.37. The topological polar surface area (TPSA) is 119 Å². The summed E-state index contributed by atoms with van der Waals surface area (Å²) in [5.41, 5.74) is 3.49. The predicted molar refractivity (Wildman–Crippen MR) is 137 cm³/mol. The molecule has 0 bridgehead atoms. The van der Waals surface area contributed by atoms with Gasteiger partial charge in [0.25, 0.3) is 0 Å². The molecule has 0 aliphatic carbocycles. The van der Waals surface area contributed by atoms with Crippen molar-refractivity contribution in [2.45, 2.75) is 57.7 Å². The van der Waals surface area contributed by atoms with E-state index >= 15 is 0 Å². The van der Waals surface area contributed by atoms with Crippen LogP contribution >= 0.6 is 0 Å². The monoisotopic (exact) mass is 488 g/mol. The largest absolute Gasteiger partial charge is 0.387 e. The molecule has 10 nitrogen and oxygen atoms in total. The molecule has 2 atom stereocenters. The SMILES string of the molecule is C[C@@H](O)c1cc2cnc(Nc3ccc4c(n3)CCN(C(=O)C3CCN3)C4)nc2c(N2CCCCC2)n1. The van der Waals surface area contributed by atoms with Gasteiger partial charge in [0.1, 0.15) is 11.3 Å². The number of anilines is 3. The van der Waals surface area contributed by atoms with E-state index in [0.717, 1.165) is 73.3 Å². The van der Waals surface area contributed by atoms with Gasteiger partial charge in [0.2, 0.25) is 11.9 Å². The van der Waals surface area contributed by atoms with Gasteiger partial charge in [-0.15, -0.1) is 0 Å². The molecule has 0 spiro atoms. The average Bonchev–Trinajstić information content (AvgIpc) is 2.87. The molecule has 10 heteroatoms. The minimum Gasteiger partial charge on any atom is -0.387 e. The molecule has 3 aromatic rings. The van der Waals surface area contributed by atoms with Crippen LogP contribution in [0.25, 0.3) is 10.9 Å². The van der Waals surface area contributed by atoms with Crippen LogP contribution in [0.15, 0.2) is 24.4 Å². The molecule has 36 heavy (non-hydrogen) atoms. The number of aliphatic hydroxyl groups is 1. The summed E-state index contributed by atoms with van der Waals surface area (Å²) < 4.78 is 0. The molecule has 2 saturated heterocycles. The zero-order valence-corrected chi connectivity index (χ0v) is 20.6. The van der Waals surface area contributed by atoms with Gasteiger partial charge in [-0.05, 0) is 56.8 Å². The van der Waals surface area contributed by atoms with Crippen LogP contribution in [0.5, 0.6) is 0 Å². The second kappa shape index (κ2) is 9.59. The molecule has 0 saturated carbocycles. The highest BCUT2D eigenvalue weighted by Crippen LogP contribution is 2.30. The van der Waals surface area contributed by atoms with Crippen LogP contribution < -0.4 is 15.5 Å². The summed E-state index contributed by atoms with van der Waals surface area (Å²) >= 11 is 0. The fourth-order valence-corrected chi connectivity index (χ4v) is 5.15. The van der Waals surface area contributed by atoms with E-state index in [1.54, 1.807) is 13.1 Å². The Morgan fingerprint density at radius 3 is 2.75 bits per heavy atom. The molecule has 1 unspecified atom stereocenters. The molecule has 3 N–H and O–H groups in total. The van der Waals surface area contributed by atoms with Gasteiger partial charge in [-0.2, -0.15) is 0 Å². The third-order valence-corrected chi connectivity index (χ3v) is 7.37. The number of fused-ring (bicyclic) bond motifs is 2. The predicted octanol–water partition coefficient (Wildman–Crippen LogP) is 2.45. The second-order valence-electron chi connectivity index (χ2n) is 9.96. The maximum absolute atomic E-state index is 12.6. The summed E-state index contributed by atoms with van der Waals surface area (Å²) in [6.45, 7) is 5.80. The summed E-state index contributed by atoms with van der Waals surface area (Å²) in [4.78, 5) is 35.7. The van der Waals surface area contributed by atoms with Crippen LogP contribution in [-0.2, 0) is 17.8 Å². The molecule has 0 aromatic carbocycles. The Morgan fingerprint density at radius 1 is 1.17 bits per heavy atom. The molecule has 3 aliphatic rings. The first-order chi connectivity index (χ1) is 17.5. The number of aliphatic hydroxyl groups excluding tert-OH is 1. The quantitative estimate of drug-likeness (QED) is 0.497. The van der Waals surface area contributed by atoms with Crippen LogP contribution in [0.4, 0.5) is 17.6 Å². The van der Waals surface area contributed by atoms with Gasteiger partial charge < -0.3 is 25.5 Å². The normalized spacial score (nSPS) is 20.6. The number of nitrogens with zero attached hydrogens (tertiary/aromatic N) is 6. The Kier molecular flexibility index (Phi) is 6.14. The molecule has 3 aromatic heterocycles. The summed E-state index contributed by atoms with van der Waals surface area (Å²) in [7, 11) is 0. The highest BCUT2D eigenvalue weighted by Gasteiger charge is 2.31. The Balaban J connectivity index is 1.25. The second-order valence-corrected chi connectivity index (χ2v) is 9.96. The van der Waals surface area contributed by atoms with Gasteiger partial charge in [0.05, 0.1) is 17.8 Å². The zero-order valence-electron chi connectivity index (χ0n) is 20.6. The lowest BCUT2D eigenvalue weighted by Crippen LogP contribution is -2.55. The molecule has 2 fully saturated rings. The minimum atomic E-state index is -0.661. The van der Waals surface area contributed by atoms with Crippen molar-refractivity contribution < 1.29 is 9.90 Å². The standard InChI is InChI=1S/C26H32N8O2/c1-16(35)21-13-18-14-28-26(32-23(18)24(30-21)33-10-3-2-4-11-33)31-22-6-5-17-15-34(12-8-19(17)29-22)25(36)20-7-9-27-20/h5-6,13-14,16,20,27,35H,2-4,7-12,15H2,1H3,(H,28,29,31,32)/t16-,20?/m1/s1. The highest BCUT2D eigenvalue weighted by molar-refractivity contribution is 5.89. The van der Waals surface area contributed by atoms with E-state index in [-0.39, 0.29) is 11.9 Å². The molecule has 3 aliphatic heterocycles. The van der Waals surface area contributed by atoms with Gasteiger partial charge in [-0.1, -0.05) is 6.07 Å². The molecule has 1 amide bonds. The van der Waals surface area contributed by atoms with E-state index in [0.29, 0.717) is 30.5 Å². The minimum absolute atomic E-state index is 0.0218. The maximum atomic E-state index is 12.6. The van der Waals surface area contributed by atoms with Gasteiger partial charge >= 0.3 is 0 Å². The third-order valence-electron chi connectivity index (χ3n) is 7.37. The number of hydrogen-bond acceptors (Lipinski definition) is 9. The number of carbonyl (C=O) groups excluding carboxylic acids is 1. The van der Waals surface area contributed by atoms with Crippen LogP contribution in [0.3, 0.4) is 0 Å². The number of rotatable bonds is 5. The summed E-state index contributed by atoms with van der Waals surface area (Å²) in [6.07, 6.45) is 6.24. The number of carbonyl (C=O) groups is 1. The Morgan fingerprint density at radius 2 is 2.00 bits per heavy atom. The van der Waals surface area contributed by atoms with E-state index in [4.69, 9.17) is 15.0 Å². The number of amides is 1. The Bertz CT molecular complexity index is 1290. The smallest absolute Gasteiger partial charge is 0.240 e. The summed E-state index contributed by atoms with van der Waals surface area (Å²) in [6, 6.07) is 5.80. The Labute approximate surface area is 210 Å². The fraction of sp³-hybridized carbons (Fsp3) is 0.500. The first kappa shape index (κ1) is 23.1. The van der Waals surface area contributed by atoms with Crippen molar-refractivity contribution in [1.29, 1.82) is 0 Å².